The van der Waals surface area contributed by atoms with E-state index in [1.807, 2.05) is 65.7 Å². The van der Waals surface area contributed by atoms with Crippen LogP contribution in [0.15, 0.2) is 36.4 Å². The van der Waals surface area contributed by atoms with E-state index in [1.54, 1.807) is 0 Å². The minimum Gasteiger partial charge on any atom is -0.422 e. The predicted molar refractivity (Wildman–Crippen MR) is 92.9 cm³/mol. The van der Waals surface area contributed by atoms with Gasteiger partial charge in [0.05, 0.1) is 11.4 Å². The highest BCUT2D eigenvalue weighted by Crippen LogP contribution is 2.15. The van der Waals surface area contributed by atoms with Crippen LogP contribution in [-0.2, 0) is 0 Å². The quantitative estimate of drug-likeness (QED) is 0.542. The number of aryl methyl sites for hydroxylation is 4. The average molecular weight is 319 g/mol. The molecule has 3 aromatic heterocycles. The van der Waals surface area contributed by atoms with Crippen molar-refractivity contribution in [2.75, 3.05) is 0 Å². The topological polar surface area (TPSA) is 66.3 Å². The van der Waals surface area contributed by atoms with Crippen molar-refractivity contribution in [3.05, 3.63) is 59.2 Å². The molecule has 0 bridgehead atoms. The van der Waals surface area contributed by atoms with Crippen LogP contribution in [0.1, 0.15) is 22.8 Å². The molecule has 4 aromatic rings. The van der Waals surface area contributed by atoms with E-state index >= 15 is 0 Å². The summed E-state index contributed by atoms with van der Waals surface area (Å²) in [5, 5.41) is 18.0. The fraction of sp³-hybridized carbons (Fsp3) is 0.250. The maximum Gasteiger partial charge on any atom is 0.264 e. The maximum atomic E-state index is 4.67. The predicted octanol–water partition coefficient (Wildman–Crippen LogP) is 1.99. The van der Waals surface area contributed by atoms with E-state index < -0.39 is 0 Å². The van der Waals surface area contributed by atoms with E-state index in [-0.39, 0.29) is 7.12 Å². The van der Waals surface area contributed by atoms with Crippen molar-refractivity contribution >= 4 is 18.2 Å². The minimum atomic E-state index is -0.334. The number of aromatic nitrogens is 7. The molecular weight excluding hydrogens is 301 g/mol. The van der Waals surface area contributed by atoms with Gasteiger partial charge in [0.25, 0.3) is 7.12 Å². The lowest BCUT2D eigenvalue weighted by molar-refractivity contribution is 0.732. The van der Waals surface area contributed by atoms with Crippen LogP contribution >= 0.6 is 0 Å². The van der Waals surface area contributed by atoms with Gasteiger partial charge in [0.15, 0.2) is 0 Å². The van der Waals surface area contributed by atoms with Crippen molar-refractivity contribution in [2.45, 2.75) is 27.7 Å². The molecule has 24 heavy (non-hydrogen) atoms. The van der Waals surface area contributed by atoms with Crippen LogP contribution in [0.25, 0.3) is 11.0 Å². The van der Waals surface area contributed by atoms with E-state index in [0.717, 1.165) is 33.8 Å². The molecule has 121 valence electrons. The Hall–Kier alpha value is -2.90. The standard InChI is InChI=1S/C16H18BN7/c1-11-9-13(3)22(19-11)17(23-14(4)10-12(2)20-23)24-16-8-6-5-7-15(16)18-21-24/h5-10H,1-4H3/q-1. The van der Waals surface area contributed by atoms with E-state index in [2.05, 4.69) is 32.6 Å². The molecule has 0 unspecified atom stereocenters. The molecule has 8 heteroatoms. The first-order valence-corrected chi connectivity index (χ1v) is 7.90. The molecule has 0 aliphatic carbocycles. The fourth-order valence-electron chi connectivity index (χ4n) is 3.13. The zero-order valence-corrected chi connectivity index (χ0v) is 14.2. The molecule has 7 nitrogen and oxygen atoms in total. The van der Waals surface area contributed by atoms with Crippen molar-refractivity contribution in [2.24, 2.45) is 0 Å². The highest BCUT2D eigenvalue weighted by molar-refractivity contribution is 6.54. The monoisotopic (exact) mass is 319 g/mol. The Morgan fingerprint density at radius 1 is 0.792 bits per heavy atom. The molecule has 0 spiro atoms. The van der Waals surface area contributed by atoms with E-state index in [4.69, 9.17) is 0 Å². The Labute approximate surface area is 140 Å². The molecule has 0 aliphatic heterocycles. The molecule has 0 saturated carbocycles. The van der Waals surface area contributed by atoms with Gasteiger partial charge in [-0.3, -0.25) is 0 Å². The Balaban J connectivity index is 2.00. The third kappa shape index (κ3) is 2.22. The van der Waals surface area contributed by atoms with Crippen LogP contribution in [0.4, 0.5) is 0 Å². The lowest BCUT2D eigenvalue weighted by Gasteiger charge is -2.32. The number of rotatable bonds is 3. The van der Waals surface area contributed by atoms with Gasteiger partial charge in [0.2, 0.25) is 0 Å². The number of benzene rings is 1. The molecule has 1 aromatic carbocycles. The summed E-state index contributed by atoms with van der Waals surface area (Å²) < 4.78 is 5.75. The zero-order valence-electron chi connectivity index (χ0n) is 14.2. The summed E-state index contributed by atoms with van der Waals surface area (Å²) in [5.41, 5.74) is 5.81. The summed E-state index contributed by atoms with van der Waals surface area (Å²) in [4.78, 5) is 0. The molecule has 3 heterocycles. The number of nitrogens with zero attached hydrogens (tertiary/aromatic N) is 7. The van der Waals surface area contributed by atoms with E-state index in [9.17, 15) is 0 Å². The van der Waals surface area contributed by atoms with E-state index in [0.29, 0.717) is 0 Å². The minimum absolute atomic E-state index is 0.334. The second-order valence-electron chi connectivity index (χ2n) is 6.11. The number of hydrogen-bond donors (Lipinski definition) is 0. The van der Waals surface area contributed by atoms with Crippen LogP contribution in [0, 0.1) is 27.7 Å². The van der Waals surface area contributed by atoms with E-state index in [1.165, 1.54) is 0 Å². The van der Waals surface area contributed by atoms with Gasteiger partial charge in [0.1, 0.15) is 5.52 Å². The lowest BCUT2D eigenvalue weighted by atomic mass is 9.93. The molecule has 0 atom stereocenters. The van der Waals surface area contributed by atoms with Crippen LogP contribution < -0.4 is 0 Å². The molecule has 0 amide bonds. The second-order valence-corrected chi connectivity index (χ2v) is 6.11. The molecule has 1 radical (unpaired) electrons. The Kier molecular flexibility index (Phi) is 3.26. The maximum absolute atomic E-state index is 4.67. The van der Waals surface area contributed by atoms with Crippen LogP contribution in [0.2, 0.25) is 0 Å². The molecule has 0 saturated heterocycles. The lowest BCUT2D eigenvalue weighted by Crippen LogP contribution is -2.45. The van der Waals surface area contributed by atoms with Gasteiger partial charge in [0, 0.05) is 5.52 Å². The third-order valence-corrected chi connectivity index (χ3v) is 4.12. The second kappa shape index (κ2) is 5.33. The number of para-hydroxylation sites is 1. The zero-order chi connectivity index (χ0) is 16.8. The largest absolute Gasteiger partial charge is 0.422 e. The molecular formula is C16H18BN7-. The van der Waals surface area contributed by atoms with Crippen molar-refractivity contribution in [3.63, 3.8) is 0 Å². The van der Waals surface area contributed by atoms with Gasteiger partial charge in [-0.1, -0.05) is 12.1 Å². The fourth-order valence-corrected chi connectivity index (χ4v) is 3.13. The van der Waals surface area contributed by atoms with Gasteiger partial charge >= 0.3 is 0 Å². The highest BCUT2D eigenvalue weighted by atomic mass is 15.5. The van der Waals surface area contributed by atoms with Crippen molar-refractivity contribution < 1.29 is 0 Å². The van der Waals surface area contributed by atoms with Gasteiger partial charge in [-0.25, -0.2) is 10.2 Å². The smallest absolute Gasteiger partial charge is 0.264 e. The highest BCUT2D eigenvalue weighted by Gasteiger charge is 2.17. The number of hydrogen-bond acceptors (Lipinski definition) is 4. The first-order chi connectivity index (χ1) is 11.5. The molecule has 0 fully saturated rings. The van der Waals surface area contributed by atoms with Crippen molar-refractivity contribution in [1.29, 1.82) is 0 Å². The number of fused-ring (bicyclic) bond motifs is 1. The first-order valence-electron chi connectivity index (χ1n) is 7.90. The van der Waals surface area contributed by atoms with Crippen molar-refractivity contribution in [3.8, 4) is 0 Å². The summed E-state index contributed by atoms with van der Waals surface area (Å²) in [5.74, 6) is 0. The summed E-state index contributed by atoms with van der Waals surface area (Å²) >= 11 is 0. The Morgan fingerprint density at radius 3 is 1.92 bits per heavy atom. The average Bonchev–Trinajstić information content (AvgIpc) is 3.20. The van der Waals surface area contributed by atoms with Gasteiger partial charge in [-0.2, -0.15) is 0 Å². The first kappa shape index (κ1) is 14.7. The molecule has 4 rings (SSSR count). The molecule has 0 N–H and O–H groups in total. The van der Waals surface area contributed by atoms with Crippen molar-refractivity contribution in [1.82, 2.24) is 34.3 Å². The normalized spacial score (nSPS) is 11.7. The summed E-state index contributed by atoms with van der Waals surface area (Å²) in [6.07, 6.45) is 0. The van der Waals surface area contributed by atoms with Crippen LogP contribution in [-0.4, -0.2) is 41.4 Å². The Bertz CT molecular complexity index is 980. The van der Waals surface area contributed by atoms with Gasteiger partial charge in [-0.15, -0.1) is 10.3 Å². The third-order valence-electron chi connectivity index (χ3n) is 4.12. The van der Waals surface area contributed by atoms with Crippen LogP contribution in [0.3, 0.4) is 0 Å². The summed E-state index contributed by atoms with van der Waals surface area (Å²) in [6, 6.07) is 12.0. The summed E-state index contributed by atoms with van der Waals surface area (Å²) in [7, 11) is -0.334. The van der Waals surface area contributed by atoms with Crippen LogP contribution in [0.5, 0.6) is 0 Å². The Morgan fingerprint density at radius 2 is 1.38 bits per heavy atom. The molecule has 0 aliphatic rings. The van der Waals surface area contributed by atoms with Gasteiger partial charge in [-0.05, 0) is 63.3 Å². The SMILES string of the molecule is Cc1cc(C)n([B-](n2nc(C)cc2C)n2nnc3ccccc32)n1. The summed E-state index contributed by atoms with van der Waals surface area (Å²) in [6.45, 7) is 8.05. The van der Waals surface area contributed by atoms with Gasteiger partial charge < -0.3 is 13.8 Å².